The Morgan fingerprint density at radius 1 is 1.33 bits per heavy atom. The van der Waals surface area contributed by atoms with E-state index in [0.717, 1.165) is 12.0 Å². The smallest absolute Gasteiger partial charge is 0.254 e. The lowest BCUT2D eigenvalue weighted by atomic mass is 10.1. The van der Waals surface area contributed by atoms with Crippen LogP contribution >= 0.6 is 0 Å². The number of hydrogen-bond donors (Lipinski definition) is 1. The van der Waals surface area contributed by atoms with Gasteiger partial charge in [-0.15, -0.1) is 0 Å². The minimum absolute atomic E-state index is 0.0855. The van der Waals surface area contributed by atoms with E-state index in [9.17, 15) is 4.79 Å². The summed E-state index contributed by atoms with van der Waals surface area (Å²) in [6.45, 7) is 2.03. The van der Waals surface area contributed by atoms with Gasteiger partial charge in [-0.1, -0.05) is 13.3 Å². The van der Waals surface area contributed by atoms with E-state index in [-0.39, 0.29) is 5.56 Å². The summed E-state index contributed by atoms with van der Waals surface area (Å²) in [4.78, 5) is 22.8. The number of nitrogens with one attached hydrogen (secondary N) is 1. The Balaban J connectivity index is 2.48. The minimum atomic E-state index is -0.0855. The lowest BCUT2D eigenvalue weighted by molar-refractivity contribution is 0.398. The average Bonchev–Trinajstić information content (AvgIpc) is 2.41. The molecule has 0 aliphatic rings. The third-order valence-corrected chi connectivity index (χ3v) is 2.67. The maximum Gasteiger partial charge on any atom is 0.254 e. The Morgan fingerprint density at radius 3 is 2.78 bits per heavy atom. The Morgan fingerprint density at radius 2 is 2.17 bits per heavy atom. The summed E-state index contributed by atoms with van der Waals surface area (Å²) in [5.41, 5.74) is 2.13. The molecule has 1 N–H and O–H groups in total. The lowest BCUT2D eigenvalue weighted by Gasteiger charge is -2.06. The van der Waals surface area contributed by atoms with Crippen molar-refractivity contribution in [2.45, 2.75) is 19.8 Å². The van der Waals surface area contributed by atoms with Crippen LogP contribution in [0.5, 0.6) is 5.88 Å². The molecule has 2 heterocycles. The van der Waals surface area contributed by atoms with Crippen LogP contribution in [0.1, 0.15) is 18.9 Å². The predicted octanol–water partition coefficient (Wildman–Crippen LogP) is 1.79. The quantitative estimate of drug-likeness (QED) is 0.891. The van der Waals surface area contributed by atoms with Gasteiger partial charge >= 0.3 is 0 Å². The summed E-state index contributed by atoms with van der Waals surface area (Å²) >= 11 is 0. The average molecular weight is 245 g/mol. The van der Waals surface area contributed by atoms with Crippen LogP contribution in [0.3, 0.4) is 0 Å². The highest BCUT2D eigenvalue weighted by molar-refractivity contribution is 5.61. The normalized spacial score (nSPS) is 10.3. The Kier molecular flexibility index (Phi) is 3.72. The van der Waals surface area contributed by atoms with Crippen LogP contribution in [0.4, 0.5) is 0 Å². The van der Waals surface area contributed by atoms with Gasteiger partial charge < -0.3 is 9.72 Å². The van der Waals surface area contributed by atoms with Crippen molar-refractivity contribution in [3.05, 3.63) is 40.6 Å². The van der Waals surface area contributed by atoms with Gasteiger partial charge in [-0.3, -0.25) is 4.79 Å². The highest BCUT2D eigenvalue weighted by Crippen LogP contribution is 2.20. The van der Waals surface area contributed by atoms with Crippen LogP contribution in [0.2, 0.25) is 0 Å². The van der Waals surface area contributed by atoms with Gasteiger partial charge in [0.25, 0.3) is 5.56 Å². The number of ether oxygens (including phenoxy) is 1. The number of hydrogen-bond acceptors (Lipinski definition) is 4. The monoisotopic (exact) mass is 245 g/mol. The first-order valence-corrected chi connectivity index (χ1v) is 5.83. The van der Waals surface area contributed by atoms with Gasteiger partial charge in [0.2, 0.25) is 5.88 Å². The zero-order valence-electron chi connectivity index (χ0n) is 10.4. The van der Waals surface area contributed by atoms with Crippen molar-refractivity contribution in [2.24, 2.45) is 0 Å². The van der Waals surface area contributed by atoms with Crippen LogP contribution in [0.15, 0.2) is 29.5 Å². The van der Waals surface area contributed by atoms with E-state index in [2.05, 4.69) is 15.0 Å². The first-order chi connectivity index (χ1) is 8.76. The van der Waals surface area contributed by atoms with E-state index in [1.54, 1.807) is 19.4 Å². The van der Waals surface area contributed by atoms with Crippen LogP contribution in [0, 0.1) is 0 Å². The molecule has 5 heteroatoms. The Hall–Kier alpha value is -2.17. The van der Waals surface area contributed by atoms with E-state index in [4.69, 9.17) is 4.74 Å². The number of pyridine rings is 1. The number of methoxy groups -OCH3 is 1. The SMILES string of the molecule is CCCc1c(-c2ccc(OC)nc2)nc[nH]c1=O. The standard InChI is InChI=1S/C13H15N3O2/c1-3-4-10-12(15-8-16-13(10)17)9-5-6-11(18-2)14-7-9/h5-8H,3-4H2,1-2H3,(H,15,16,17). The molecule has 0 fully saturated rings. The summed E-state index contributed by atoms with van der Waals surface area (Å²) in [7, 11) is 1.57. The second-order valence-corrected chi connectivity index (χ2v) is 3.90. The predicted molar refractivity (Wildman–Crippen MR) is 68.6 cm³/mol. The molecule has 0 bridgehead atoms. The molecule has 0 aliphatic heterocycles. The number of nitrogens with zero attached hydrogens (tertiary/aromatic N) is 2. The molecule has 94 valence electrons. The lowest BCUT2D eigenvalue weighted by Crippen LogP contribution is -2.14. The van der Waals surface area contributed by atoms with Crippen molar-refractivity contribution in [3.63, 3.8) is 0 Å². The van der Waals surface area contributed by atoms with Gasteiger partial charge in [-0.25, -0.2) is 9.97 Å². The summed E-state index contributed by atoms with van der Waals surface area (Å²) in [6, 6.07) is 3.61. The molecule has 0 aliphatic carbocycles. The molecule has 0 radical (unpaired) electrons. The number of H-pyrrole nitrogens is 1. The molecule has 2 rings (SSSR count). The summed E-state index contributed by atoms with van der Waals surface area (Å²) in [6.07, 6.45) is 4.68. The van der Waals surface area contributed by atoms with Gasteiger partial charge in [-0.05, 0) is 12.5 Å². The highest BCUT2D eigenvalue weighted by Gasteiger charge is 2.10. The largest absolute Gasteiger partial charge is 0.481 e. The van der Waals surface area contributed by atoms with E-state index < -0.39 is 0 Å². The van der Waals surface area contributed by atoms with Crippen LogP contribution < -0.4 is 10.3 Å². The van der Waals surface area contributed by atoms with E-state index in [1.807, 2.05) is 13.0 Å². The molecule has 18 heavy (non-hydrogen) atoms. The fourth-order valence-corrected chi connectivity index (χ4v) is 1.80. The molecule has 0 spiro atoms. The van der Waals surface area contributed by atoms with Gasteiger partial charge in [0.1, 0.15) is 0 Å². The van der Waals surface area contributed by atoms with Gasteiger partial charge in [-0.2, -0.15) is 0 Å². The molecule has 0 amide bonds. The molecular formula is C13H15N3O2. The second kappa shape index (κ2) is 5.44. The third-order valence-electron chi connectivity index (χ3n) is 2.67. The summed E-state index contributed by atoms with van der Waals surface area (Å²) in [5, 5.41) is 0. The second-order valence-electron chi connectivity index (χ2n) is 3.90. The maximum absolute atomic E-state index is 11.8. The molecule has 2 aromatic rings. The topological polar surface area (TPSA) is 67.9 Å². The molecule has 0 saturated carbocycles. The highest BCUT2D eigenvalue weighted by atomic mass is 16.5. The summed E-state index contributed by atoms with van der Waals surface area (Å²) < 4.78 is 5.01. The first-order valence-electron chi connectivity index (χ1n) is 5.83. The van der Waals surface area contributed by atoms with Crippen molar-refractivity contribution in [2.75, 3.05) is 7.11 Å². The van der Waals surface area contributed by atoms with Gasteiger partial charge in [0, 0.05) is 23.4 Å². The number of aromatic amines is 1. The molecule has 0 saturated heterocycles. The molecule has 0 aromatic carbocycles. The maximum atomic E-state index is 11.8. The third kappa shape index (κ3) is 2.40. The van der Waals surface area contributed by atoms with Gasteiger partial charge in [0.05, 0.1) is 19.1 Å². The van der Waals surface area contributed by atoms with Crippen molar-refractivity contribution in [1.82, 2.24) is 15.0 Å². The first kappa shape index (κ1) is 12.3. The Bertz CT molecular complexity index is 576. The molecule has 0 atom stereocenters. The minimum Gasteiger partial charge on any atom is -0.481 e. The zero-order chi connectivity index (χ0) is 13.0. The number of aromatic nitrogens is 3. The zero-order valence-corrected chi connectivity index (χ0v) is 10.4. The molecule has 0 unspecified atom stereocenters. The molecule has 5 nitrogen and oxygen atoms in total. The number of rotatable bonds is 4. The van der Waals surface area contributed by atoms with Crippen LogP contribution in [-0.2, 0) is 6.42 Å². The molecular weight excluding hydrogens is 230 g/mol. The van der Waals surface area contributed by atoms with Crippen LogP contribution in [-0.4, -0.2) is 22.1 Å². The van der Waals surface area contributed by atoms with Crippen molar-refractivity contribution in [1.29, 1.82) is 0 Å². The van der Waals surface area contributed by atoms with E-state index in [1.165, 1.54) is 6.33 Å². The van der Waals surface area contributed by atoms with Gasteiger partial charge in [0.15, 0.2) is 0 Å². The van der Waals surface area contributed by atoms with E-state index >= 15 is 0 Å². The van der Waals surface area contributed by atoms with Crippen LogP contribution in [0.25, 0.3) is 11.3 Å². The fraction of sp³-hybridized carbons (Fsp3) is 0.308. The van der Waals surface area contributed by atoms with Crippen molar-refractivity contribution in [3.8, 4) is 17.1 Å². The Labute approximate surface area is 105 Å². The fourth-order valence-electron chi connectivity index (χ4n) is 1.80. The van der Waals surface area contributed by atoms with Crippen molar-refractivity contribution >= 4 is 0 Å². The summed E-state index contributed by atoms with van der Waals surface area (Å²) in [5.74, 6) is 0.542. The van der Waals surface area contributed by atoms with Crippen molar-refractivity contribution < 1.29 is 4.74 Å². The molecule has 2 aromatic heterocycles. The van der Waals surface area contributed by atoms with E-state index in [0.29, 0.717) is 23.6 Å².